The second kappa shape index (κ2) is 4.70. The van der Waals surface area contributed by atoms with Crippen molar-refractivity contribution >= 4 is 17.1 Å². The molecule has 0 aliphatic rings. The maximum Gasteiger partial charge on any atom is 0.337 e. The lowest BCUT2D eigenvalue weighted by Gasteiger charge is -1.97. The van der Waals surface area contributed by atoms with E-state index in [4.69, 9.17) is 4.42 Å². The second-order valence-electron chi connectivity index (χ2n) is 4.21. The molecule has 0 saturated heterocycles. The Hall–Kier alpha value is -2.82. The van der Waals surface area contributed by atoms with Crippen molar-refractivity contribution < 1.29 is 19.1 Å². The highest BCUT2D eigenvalue weighted by molar-refractivity contribution is 5.93. The number of aromatic nitrogens is 1. The molecule has 0 aliphatic heterocycles. The third-order valence-corrected chi connectivity index (χ3v) is 2.94. The van der Waals surface area contributed by atoms with Crippen molar-refractivity contribution in [2.45, 2.75) is 0 Å². The van der Waals surface area contributed by atoms with Crippen LogP contribution in [0.5, 0.6) is 5.75 Å². The fourth-order valence-corrected chi connectivity index (χ4v) is 1.94. The average molecular weight is 269 g/mol. The number of carbonyl (C=O) groups excluding carboxylic acids is 1. The van der Waals surface area contributed by atoms with Crippen molar-refractivity contribution in [1.29, 1.82) is 0 Å². The molecule has 0 fully saturated rings. The van der Waals surface area contributed by atoms with Crippen LogP contribution in [0.3, 0.4) is 0 Å². The second-order valence-corrected chi connectivity index (χ2v) is 4.21. The van der Waals surface area contributed by atoms with Gasteiger partial charge in [0.2, 0.25) is 5.89 Å². The van der Waals surface area contributed by atoms with E-state index in [2.05, 4.69) is 9.72 Å². The zero-order valence-electron chi connectivity index (χ0n) is 10.7. The lowest BCUT2D eigenvalue weighted by atomic mass is 10.2. The molecular weight excluding hydrogens is 258 g/mol. The van der Waals surface area contributed by atoms with Crippen LogP contribution in [0, 0.1) is 0 Å². The zero-order valence-corrected chi connectivity index (χ0v) is 10.7. The van der Waals surface area contributed by atoms with Crippen LogP contribution in [0.25, 0.3) is 22.6 Å². The molecule has 0 amide bonds. The predicted octanol–water partition coefficient (Wildman–Crippen LogP) is 2.99. The number of para-hydroxylation sites is 1. The SMILES string of the molecule is COC(=O)c1ccc2nc(-c3ccccc3O)oc2c1. The summed E-state index contributed by atoms with van der Waals surface area (Å²) in [6, 6.07) is 11.6. The molecule has 0 saturated carbocycles. The average Bonchev–Trinajstić information content (AvgIpc) is 2.89. The number of rotatable bonds is 2. The summed E-state index contributed by atoms with van der Waals surface area (Å²) < 4.78 is 10.2. The molecule has 3 rings (SSSR count). The molecule has 0 bridgehead atoms. The van der Waals surface area contributed by atoms with Gasteiger partial charge in [-0.1, -0.05) is 12.1 Å². The first-order valence-electron chi connectivity index (χ1n) is 5.96. The molecule has 1 N–H and O–H groups in total. The highest BCUT2D eigenvalue weighted by Gasteiger charge is 2.13. The molecule has 3 aromatic rings. The van der Waals surface area contributed by atoms with E-state index in [1.165, 1.54) is 7.11 Å². The monoisotopic (exact) mass is 269 g/mol. The Kier molecular flexibility index (Phi) is 2.87. The molecule has 100 valence electrons. The van der Waals surface area contributed by atoms with Gasteiger partial charge in [-0.25, -0.2) is 9.78 Å². The lowest BCUT2D eigenvalue weighted by Crippen LogP contribution is -2.00. The Bertz CT molecular complexity index is 791. The number of fused-ring (bicyclic) bond motifs is 1. The minimum Gasteiger partial charge on any atom is -0.507 e. The Morgan fingerprint density at radius 3 is 2.80 bits per heavy atom. The van der Waals surface area contributed by atoms with Gasteiger partial charge in [0.15, 0.2) is 5.58 Å². The Morgan fingerprint density at radius 2 is 2.05 bits per heavy atom. The molecule has 5 nitrogen and oxygen atoms in total. The summed E-state index contributed by atoms with van der Waals surface area (Å²) in [5, 5.41) is 9.80. The Labute approximate surface area is 114 Å². The van der Waals surface area contributed by atoms with Crippen molar-refractivity contribution in [2.75, 3.05) is 7.11 Å². The van der Waals surface area contributed by atoms with Crippen LogP contribution in [0.4, 0.5) is 0 Å². The fraction of sp³-hybridized carbons (Fsp3) is 0.0667. The van der Waals surface area contributed by atoms with E-state index in [9.17, 15) is 9.90 Å². The van der Waals surface area contributed by atoms with Gasteiger partial charge in [0.1, 0.15) is 11.3 Å². The molecule has 1 aromatic heterocycles. The summed E-state index contributed by atoms with van der Waals surface area (Å²) in [4.78, 5) is 15.8. The molecule has 0 unspecified atom stereocenters. The van der Waals surface area contributed by atoms with E-state index in [-0.39, 0.29) is 5.75 Å². The smallest absolute Gasteiger partial charge is 0.337 e. The number of oxazole rings is 1. The Balaban J connectivity index is 2.12. The van der Waals surface area contributed by atoms with Crippen molar-refractivity contribution in [1.82, 2.24) is 4.98 Å². The molecule has 0 spiro atoms. The molecule has 0 atom stereocenters. The number of esters is 1. The molecule has 5 heteroatoms. The lowest BCUT2D eigenvalue weighted by molar-refractivity contribution is 0.0601. The van der Waals surface area contributed by atoms with E-state index in [1.54, 1.807) is 42.5 Å². The normalized spacial score (nSPS) is 10.7. The van der Waals surface area contributed by atoms with Gasteiger partial charge >= 0.3 is 5.97 Å². The first kappa shape index (κ1) is 12.2. The van der Waals surface area contributed by atoms with E-state index in [0.29, 0.717) is 28.1 Å². The number of nitrogens with zero attached hydrogens (tertiary/aromatic N) is 1. The minimum absolute atomic E-state index is 0.0900. The first-order valence-corrected chi connectivity index (χ1v) is 5.96. The molecule has 20 heavy (non-hydrogen) atoms. The highest BCUT2D eigenvalue weighted by atomic mass is 16.5. The third-order valence-electron chi connectivity index (χ3n) is 2.94. The Morgan fingerprint density at radius 1 is 1.25 bits per heavy atom. The predicted molar refractivity (Wildman–Crippen MR) is 72.4 cm³/mol. The maximum absolute atomic E-state index is 11.5. The van der Waals surface area contributed by atoms with Crippen LogP contribution in [-0.2, 0) is 4.74 Å². The molecule has 1 heterocycles. The molecular formula is C15H11NO4. The number of phenols is 1. The topological polar surface area (TPSA) is 72.6 Å². The summed E-state index contributed by atoms with van der Waals surface area (Å²) in [6.07, 6.45) is 0. The van der Waals surface area contributed by atoms with Gasteiger partial charge in [-0.2, -0.15) is 0 Å². The maximum atomic E-state index is 11.5. The van der Waals surface area contributed by atoms with Gasteiger partial charge < -0.3 is 14.3 Å². The summed E-state index contributed by atoms with van der Waals surface area (Å²) >= 11 is 0. The summed E-state index contributed by atoms with van der Waals surface area (Å²) in [6.45, 7) is 0. The van der Waals surface area contributed by atoms with Crippen molar-refractivity contribution in [3.63, 3.8) is 0 Å². The third kappa shape index (κ3) is 1.99. The van der Waals surface area contributed by atoms with Gasteiger partial charge in [-0.3, -0.25) is 0 Å². The van der Waals surface area contributed by atoms with Gasteiger partial charge in [0.25, 0.3) is 0 Å². The number of ether oxygens (including phenoxy) is 1. The largest absolute Gasteiger partial charge is 0.507 e. The van der Waals surface area contributed by atoms with Gasteiger partial charge in [-0.15, -0.1) is 0 Å². The number of hydrogen-bond donors (Lipinski definition) is 1. The van der Waals surface area contributed by atoms with E-state index < -0.39 is 5.97 Å². The standard InChI is InChI=1S/C15H11NO4/c1-19-15(18)9-6-7-11-13(8-9)20-14(16-11)10-4-2-3-5-12(10)17/h2-8,17H,1H3. The number of benzene rings is 2. The minimum atomic E-state index is -0.438. The van der Waals surface area contributed by atoms with Gasteiger partial charge in [0.05, 0.1) is 18.2 Å². The number of hydrogen-bond acceptors (Lipinski definition) is 5. The summed E-state index contributed by atoms with van der Waals surface area (Å²) in [7, 11) is 1.32. The summed E-state index contributed by atoms with van der Waals surface area (Å²) in [5.74, 6) is -0.0419. The fourth-order valence-electron chi connectivity index (χ4n) is 1.94. The number of carbonyl (C=O) groups is 1. The summed E-state index contributed by atoms with van der Waals surface area (Å²) in [5.41, 5.74) is 1.96. The van der Waals surface area contributed by atoms with Crippen molar-refractivity contribution in [2.24, 2.45) is 0 Å². The van der Waals surface area contributed by atoms with Crippen molar-refractivity contribution in [3.05, 3.63) is 48.0 Å². The molecule has 2 aromatic carbocycles. The zero-order chi connectivity index (χ0) is 14.1. The van der Waals surface area contributed by atoms with Crippen LogP contribution >= 0.6 is 0 Å². The van der Waals surface area contributed by atoms with Gasteiger partial charge in [-0.05, 0) is 30.3 Å². The number of aromatic hydroxyl groups is 1. The first-order chi connectivity index (χ1) is 9.69. The molecule has 0 aliphatic carbocycles. The van der Waals surface area contributed by atoms with Crippen LogP contribution < -0.4 is 0 Å². The quantitative estimate of drug-likeness (QED) is 0.724. The van der Waals surface area contributed by atoms with Crippen LogP contribution in [0.1, 0.15) is 10.4 Å². The molecule has 0 radical (unpaired) electrons. The van der Waals surface area contributed by atoms with Crippen LogP contribution in [-0.4, -0.2) is 23.2 Å². The van der Waals surface area contributed by atoms with E-state index in [1.807, 2.05) is 0 Å². The number of methoxy groups -OCH3 is 1. The van der Waals surface area contributed by atoms with E-state index in [0.717, 1.165) is 0 Å². The van der Waals surface area contributed by atoms with Crippen LogP contribution in [0.15, 0.2) is 46.9 Å². The van der Waals surface area contributed by atoms with Crippen LogP contribution in [0.2, 0.25) is 0 Å². The van der Waals surface area contributed by atoms with Crippen molar-refractivity contribution in [3.8, 4) is 17.2 Å². The highest BCUT2D eigenvalue weighted by Crippen LogP contribution is 2.30. The van der Waals surface area contributed by atoms with Gasteiger partial charge in [0, 0.05) is 0 Å². The van der Waals surface area contributed by atoms with E-state index >= 15 is 0 Å². The number of phenolic OH excluding ortho intramolecular Hbond substituents is 1.